The predicted molar refractivity (Wildman–Crippen MR) is 186 cm³/mol. The molecule has 48 heavy (non-hydrogen) atoms. The average molecular weight is 746 g/mol. The maximum absolute atomic E-state index is 13.2. The van der Waals surface area contributed by atoms with E-state index in [1.54, 1.807) is 34.0 Å². The van der Waals surface area contributed by atoms with Crippen molar-refractivity contribution >= 4 is 86.6 Å². The first-order chi connectivity index (χ1) is 22.2. The first-order valence-electron chi connectivity index (χ1n) is 14.0. The molecule has 4 heterocycles. The lowest BCUT2D eigenvalue weighted by Gasteiger charge is -2.07. The smallest absolute Gasteiger partial charge is 0.274 e. The summed E-state index contributed by atoms with van der Waals surface area (Å²) < 4.78 is 1.62. The molecule has 0 atom stereocenters. The van der Waals surface area contributed by atoms with Crippen LogP contribution in [0.2, 0.25) is 0 Å². The average Bonchev–Trinajstić information content (AvgIpc) is 3.75. The number of nitrogens with zero attached hydrogens (tertiary/aromatic N) is 2. The third-order valence-electron chi connectivity index (χ3n) is 7.12. The van der Waals surface area contributed by atoms with Crippen LogP contribution in [0.1, 0.15) is 65.1 Å². The molecule has 11 N–H and O–H groups in total. The highest BCUT2D eigenvalue weighted by atomic mass is 79.9. The molecule has 0 bridgehead atoms. The number of nitrogens with one attached hydrogen (secondary N) is 9. The molecule has 0 aliphatic carbocycles. The summed E-state index contributed by atoms with van der Waals surface area (Å²) in [5.41, 5.74) is 8.56. The molecule has 0 spiro atoms. The van der Waals surface area contributed by atoms with Crippen molar-refractivity contribution in [3.63, 3.8) is 0 Å². The highest BCUT2D eigenvalue weighted by Gasteiger charge is 2.22. The highest BCUT2D eigenvalue weighted by Crippen LogP contribution is 2.24. The number of aryl methyl sites for hydroxylation is 1. The Morgan fingerprint density at radius 1 is 0.896 bits per heavy atom. The SMILES string of the molecule is C=C(Br)C(=O)Nc1n[nH]c(C(=O)Nc2cc(C(=O)Nc3c[nH]c(C(=O)Nc4c[nH]c(C(=O)NCCC(=N)N)c4C)c3C)n(C)c2)c1C.Cl. The molecule has 0 aliphatic heterocycles. The minimum absolute atomic E-state index is 0. The van der Waals surface area contributed by atoms with E-state index in [4.69, 9.17) is 11.1 Å². The Labute approximate surface area is 288 Å². The summed E-state index contributed by atoms with van der Waals surface area (Å²) in [5.74, 6) is -2.32. The second-order valence-electron chi connectivity index (χ2n) is 10.5. The van der Waals surface area contributed by atoms with E-state index >= 15 is 0 Å². The molecule has 4 aromatic heterocycles. The monoisotopic (exact) mass is 744 g/mol. The predicted octanol–water partition coefficient (Wildman–Crippen LogP) is 3.41. The van der Waals surface area contributed by atoms with Gasteiger partial charge in [-0.05, 0) is 42.8 Å². The highest BCUT2D eigenvalue weighted by molar-refractivity contribution is 9.12. The zero-order valence-corrected chi connectivity index (χ0v) is 28.6. The van der Waals surface area contributed by atoms with Gasteiger partial charge in [0.25, 0.3) is 29.5 Å². The van der Waals surface area contributed by atoms with Crippen LogP contribution in [0, 0.1) is 26.2 Å². The zero-order valence-electron chi connectivity index (χ0n) is 26.2. The number of H-pyrrole nitrogens is 3. The van der Waals surface area contributed by atoms with Gasteiger partial charge < -0.3 is 46.9 Å². The van der Waals surface area contributed by atoms with Crippen LogP contribution in [-0.2, 0) is 11.8 Å². The number of rotatable bonds is 12. The van der Waals surface area contributed by atoms with Crippen LogP contribution in [0.15, 0.2) is 35.7 Å². The van der Waals surface area contributed by atoms with Crippen LogP contribution in [0.25, 0.3) is 0 Å². The number of hydrogen-bond donors (Lipinski definition) is 10. The summed E-state index contributed by atoms with van der Waals surface area (Å²) in [6, 6.07) is 1.48. The van der Waals surface area contributed by atoms with E-state index in [0.29, 0.717) is 33.8 Å². The summed E-state index contributed by atoms with van der Waals surface area (Å²) >= 11 is 2.98. The van der Waals surface area contributed by atoms with Gasteiger partial charge in [-0.15, -0.1) is 12.4 Å². The molecular formula is C29H34BrClN12O5. The molecule has 0 saturated heterocycles. The second-order valence-corrected chi connectivity index (χ2v) is 11.4. The minimum atomic E-state index is -0.541. The standard InChI is InChI=1S/C29H33BrN12O5.ClH/c1-12-18(10-34-21(12)27(45)33-7-6-20(31)32)38-28(46)22-13(2)17(9-35-22)37-26(44)19-8-16(11-42(19)5)36-29(47)23-14(3)24(41-40-23)39-25(43)15(4)30;/h8-11,34-35H,4,6-7H2,1-3,5H3,(H3,31,32)(H,33,45)(H,36,47)(H,37,44)(H,38,46)(H2,39,40,41,43);1H. The van der Waals surface area contributed by atoms with E-state index in [9.17, 15) is 24.0 Å². The van der Waals surface area contributed by atoms with Gasteiger partial charge in [0.2, 0.25) is 0 Å². The van der Waals surface area contributed by atoms with Crippen LogP contribution < -0.4 is 32.3 Å². The lowest BCUT2D eigenvalue weighted by Crippen LogP contribution is -2.28. The van der Waals surface area contributed by atoms with Crippen molar-refractivity contribution in [2.45, 2.75) is 27.2 Å². The molecule has 0 radical (unpaired) electrons. The molecular weight excluding hydrogens is 712 g/mol. The first kappa shape index (κ1) is 36.8. The van der Waals surface area contributed by atoms with Gasteiger partial charge in [-0.2, -0.15) is 5.10 Å². The number of anilines is 4. The van der Waals surface area contributed by atoms with Crippen LogP contribution in [0.3, 0.4) is 0 Å². The Hall–Kier alpha value is -5.62. The fourth-order valence-electron chi connectivity index (χ4n) is 4.46. The molecule has 17 nitrogen and oxygen atoms in total. The molecule has 0 unspecified atom stereocenters. The Kier molecular flexibility index (Phi) is 11.8. The van der Waals surface area contributed by atoms with Gasteiger partial charge in [0.1, 0.15) is 22.8 Å². The third-order valence-corrected chi connectivity index (χ3v) is 7.48. The van der Waals surface area contributed by atoms with Crippen molar-refractivity contribution in [3.8, 4) is 0 Å². The van der Waals surface area contributed by atoms with Crippen molar-refractivity contribution in [2.75, 3.05) is 27.8 Å². The van der Waals surface area contributed by atoms with Crippen LogP contribution in [0.5, 0.6) is 0 Å². The van der Waals surface area contributed by atoms with Crippen LogP contribution in [0.4, 0.5) is 22.9 Å². The molecule has 4 rings (SSSR count). The Bertz CT molecular complexity index is 1930. The van der Waals surface area contributed by atoms with Gasteiger partial charge in [0.05, 0.1) is 27.4 Å². The van der Waals surface area contributed by atoms with Gasteiger partial charge in [0.15, 0.2) is 5.82 Å². The molecule has 4 aromatic rings. The Morgan fingerprint density at radius 3 is 2.04 bits per heavy atom. The number of halogens is 2. The quantitative estimate of drug-likeness (QED) is 0.0586. The zero-order chi connectivity index (χ0) is 34.6. The fraction of sp³-hybridized carbons (Fsp3) is 0.207. The van der Waals surface area contributed by atoms with Crippen molar-refractivity contribution in [3.05, 3.63) is 75.2 Å². The third kappa shape index (κ3) is 8.20. The van der Waals surface area contributed by atoms with E-state index in [2.05, 4.69) is 69.3 Å². The van der Waals surface area contributed by atoms with Crippen molar-refractivity contribution in [1.82, 2.24) is 30.0 Å². The molecule has 0 saturated carbocycles. The number of amides is 5. The molecule has 0 aliphatic rings. The summed E-state index contributed by atoms with van der Waals surface area (Å²) in [5, 5.41) is 27.2. The van der Waals surface area contributed by atoms with Gasteiger partial charge >= 0.3 is 0 Å². The summed E-state index contributed by atoms with van der Waals surface area (Å²) in [4.78, 5) is 69.2. The number of aromatic amines is 3. The largest absolute Gasteiger partial charge is 0.388 e. The maximum atomic E-state index is 13.2. The first-order valence-corrected chi connectivity index (χ1v) is 14.7. The van der Waals surface area contributed by atoms with Gasteiger partial charge in [0, 0.05) is 55.3 Å². The minimum Gasteiger partial charge on any atom is -0.388 e. The summed E-state index contributed by atoms with van der Waals surface area (Å²) in [6.07, 6.45) is 4.74. The van der Waals surface area contributed by atoms with E-state index in [-0.39, 0.29) is 64.3 Å². The molecule has 0 fully saturated rings. The number of amidine groups is 1. The van der Waals surface area contributed by atoms with Crippen molar-refractivity contribution in [2.24, 2.45) is 12.8 Å². The number of carbonyl (C=O) groups is 5. The molecule has 0 aromatic carbocycles. The van der Waals surface area contributed by atoms with Gasteiger partial charge in [-0.25, -0.2) is 0 Å². The Morgan fingerprint density at radius 2 is 1.46 bits per heavy atom. The van der Waals surface area contributed by atoms with Crippen molar-refractivity contribution in [1.29, 1.82) is 5.41 Å². The van der Waals surface area contributed by atoms with E-state index in [0.717, 1.165) is 0 Å². The topological polar surface area (TPSA) is 261 Å². The number of carbonyl (C=O) groups excluding carboxylic acids is 5. The second kappa shape index (κ2) is 15.3. The summed E-state index contributed by atoms with van der Waals surface area (Å²) in [6.45, 7) is 8.63. The molecule has 19 heteroatoms. The molecule has 254 valence electrons. The molecule has 5 amide bonds. The lowest BCUT2D eigenvalue weighted by atomic mass is 10.2. The van der Waals surface area contributed by atoms with Gasteiger partial charge in [-0.1, -0.05) is 6.58 Å². The van der Waals surface area contributed by atoms with E-state index < -0.39 is 29.5 Å². The van der Waals surface area contributed by atoms with Crippen molar-refractivity contribution < 1.29 is 24.0 Å². The van der Waals surface area contributed by atoms with E-state index in [1.807, 2.05) is 0 Å². The number of aromatic nitrogens is 5. The summed E-state index contributed by atoms with van der Waals surface area (Å²) in [7, 11) is 1.63. The van der Waals surface area contributed by atoms with Gasteiger partial charge in [-0.3, -0.25) is 34.5 Å². The maximum Gasteiger partial charge on any atom is 0.274 e. The van der Waals surface area contributed by atoms with Crippen LogP contribution >= 0.6 is 28.3 Å². The fourth-order valence-corrected chi connectivity index (χ4v) is 4.56. The Balaban J connectivity index is 0.00000625. The van der Waals surface area contributed by atoms with E-state index in [1.165, 1.54) is 23.0 Å². The number of nitrogens with two attached hydrogens (primary N) is 1. The lowest BCUT2D eigenvalue weighted by molar-refractivity contribution is -0.112. The van der Waals surface area contributed by atoms with Crippen LogP contribution in [-0.4, -0.2) is 66.6 Å². The number of hydrogen-bond acceptors (Lipinski definition) is 7. The normalized spacial score (nSPS) is 10.4.